The van der Waals surface area contributed by atoms with Crippen LogP contribution in [0.15, 0.2) is 0 Å². The van der Waals surface area contributed by atoms with Gasteiger partial charge in [0.05, 0.1) is 6.61 Å². The van der Waals surface area contributed by atoms with Gasteiger partial charge in [0, 0.05) is 31.1 Å². The first-order chi connectivity index (χ1) is 9.26. The highest BCUT2D eigenvalue weighted by atomic mass is 32.1. The summed E-state index contributed by atoms with van der Waals surface area (Å²) in [4.78, 5) is 4.54. The SMILES string of the molecule is COCCc1nsc(NC(C)C2CC3CCC2C3)n1. The lowest BCUT2D eigenvalue weighted by Gasteiger charge is -2.28. The van der Waals surface area contributed by atoms with Crippen molar-refractivity contribution in [1.29, 1.82) is 0 Å². The minimum atomic E-state index is 0.526. The number of nitrogens with zero attached hydrogens (tertiary/aromatic N) is 2. The van der Waals surface area contributed by atoms with Gasteiger partial charge in [0.1, 0.15) is 5.82 Å². The monoisotopic (exact) mass is 281 g/mol. The van der Waals surface area contributed by atoms with Crippen LogP contribution in [0, 0.1) is 17.8 Å². The van der Waals surface area contributed by atoms with Gasteiger partial charge in [-0.2, -0.15) is 4.37 Å². The molecule has 2 aliphatic carbocycles. The average molecular weight is 281 g/mol. The van der Waals surface area contributed by atoms with E-state index in [0.29, 0.717) is 12.6 Å². The Balaban J connectivity index is 1.54. The summed E-state index contributed by atoms with van der Waals surface area (Å²) in [7, 11) is 1.71. The van der Waals surface area contributed by atoms with E-state index in [0.717, 1.165) is 35.1 Å². The molecule has 2 aliphatic rings. The van der Waals surface area contributed by atoms with Crippen LogP contribution in [0.1, 0.15) is 38.4 Å². The first-order valence-corrected chi connectivity index (χ1v) is 8.11. The van der Waals surface area contributed by atoms with Crippen molar-refractivity contribution < 1.29 is 4.74 Å². The Morgan fingerprint density at radius 2 is 2.32 bits per heavy atom. The smallest absolute Gasteiger partial charge is 0.202 e. The fourth-order valence-electron chi connectivity index (χ4n) is 3.82. The minimum Gasteiger partial charge on any atom is -0.384 e. The molecule has 1 N–H and O–H groups in total. The van der Waals surface area contributed by atoms with Gasteiger partial charge in [0.25, 0.3) is 0 Å². The number of fused-ring (bicyclic) bond motifs is 2. The summed E-state index contributed by atoms with van der Waals surface area (Å²) in [5, 5.41) is 4.54. The summed E-state index contributed by atoms with van der Waals surface area (Å²) in [6, 6.07) is 0.526. The molecule has 0 saturated heterocycles. The molecule has 2 saturated carbocycles. The topological polar surface area (TPSA) is 47.0 Å². The van der Waals surface area contributed by atoms with Gasteiger partial charge < -0.3 is 10.1 Å². The van der Waals surface area contributed by atoms with Gasteiger partial charge in [-0.25, -0.2) is 4.98 Å². The third-order valence-electron chi connectivity index (χ3n) is 4.78. The van der Waals surface area contributed by atoms with Crippen LogP contribution in [0.5, 0.6) is 0 Å². The number of ether oxygens (including phenoxy) is 1. The van der Waals surface area contributed by atoms with Crippen LogP contribution in [0.4, 0.5) is 5.13 Å². The Hall–Kier alpha value is -0.680. The van der Waals surface area contributed by atoms with Gasteiger partial charge in [0.15, 0.2) is 0 Å². The van der Waals surface area contributed by atoms with E-state index >= 15 is 0 Å². The molecule has 4 atom stereocenters. The van der Waals surface area contributed by atoms with Crippen molar-refractivity contribution in [3.05, 3.63) is 5.82 Å². The Morgan fingerprint density at radius 3 is 3.00 bits per heavy atom. The fraction of sp³-hybridized carbons (Fsp3) is 0.857. The third kappa shape index (κ3) is 2.92. The van der Waals surface area contributed by atoms with Crippen molar-refractivity contribution in [2.75, 3.05) is 19.0 Å². The Morgan fingerprint density at radius 1 is 1.42 bits per heavy atom. The molecule has 2 bridgehead atoms. The molecule has 1 heterocycles. The molecule has 4 unspecified atom stereocenters. The lowest BCUT2D eigenvalue weighted by Crippen LogP contribution is -2.29. The van der Waals surface area contributed by atoms with Gasteiger partial charge in [0.2, 0.25) is 5.13 Å². The molecule has 4 nitrogen and oxygen atoms in total. The maximum absolute atomic E-state index is 5.06. The third-order valence-corrected chi connectivity index (χ3v) is 5.47. The van der Waals surface area contributed by atoms with Crippen LogP contribution in [0.2, 0.25) is 0 Å². The number of nitrogens with one attached hydrogen (secondary N) is 1. The maximum Gasteiger partial charge on any atom is 0.202 e. The number of hydrogen-bond acceptors (Lipinski definition) is 5. The van der Waals surface area contributed by atoms with Crippen LogP contribution in [-0.4, -0.2) is 29.1 Å². The zero-order valence-corrected chi connectivity index (χ0v) is 12.6. The second-order valence-corrected chi connectivity index (χ2v) is 6.78. The molecule has 106 valence electrons. The molecule has 0 spiro atoms. The summed E-state index contributed by atoms with van der Waals surface area (Å²) < 4.78 is 9.42. The van der Waals surface area contributed by atoms with Gasteiger partial charge in [-0.05, 0) is 43.9 Å². The summed E-state index contributed by atoms with van der Waals surface area (Å²) in [6.07, 6.45) is 6.58. The van der Waals surface area contributed by atoms with E-state index in [1.54, 1.807) is 7.11 Å². The van der Waals surface area contributed by atoms with Gasteiger partial charge >= 0.3 is 0 Å². The molecule has 0 amide bonds. The fourth-order valence-corrected chi connectivity index (χ4v) is 4.52. The highest BCUT2D eigenvalue weighted by molar-refractivity contribution is 7.09. The highest BCUT2D eigenvalue weighted by Gasteiger charge is 2.41. The van der Waals surface area contributed by atoms with Crippen molar-refractivity contribution in [3.8, 4) is 0 Å². The van der Waals surface area contributed by atoms with Crippen molar-refractivity contribution in [2.24, 2.45) is 17.8 Å². The van der Waals surface area contributed by atoms with Gasteiger partial charge in [-0.3, -0.25) is 0 Å². The largest absolute Gasteiger partial charge is 0.384 e. The van der Waals surface area contributed by atoms with E-state index in [1.165, 1.54) is 37.2 Å². The zero-order valence-electron chi connectivity index (χ0n) is 11.8. The summed E-state index contributed by atoms with van der Waals surface area (Å²) in [5.74, 6) is 3.69. The average Bonchev–Trinajstić information content (AvgIpc) is 3.12. The van der Waals surface area contributed by atoms with Gasteiger partial charge in [-0.1, -0.05) is 6.42 Å². The zero-order chi connectivity index (χ0) is 13.2. The summed E-state index contributed by atoms with van der Waals surface area (Å²) in [6.45, 7) is 3.00. The molecule has 1 aromatic heterocycles. The lowest BCUT2D eigenvalue weighted by atomic mass is 9.84. The quantitative estimate of drug-likeness (QED) is 0.871. The molecular weight excluding hydrogens is 258 g/mol. The second-order valence-electron chi connectivity index (χ2n) is 6.03. The molecule has 0 aliphatic heterocycles. The number of methoxy groups -OCH3 is 1. The Labute approximate surface area is 119 Å². The van der Waals surface area contributed by atoms with E-state index in [1.807, 2.05) is 0 Å². The number of hydrogen-bond donors (Lipinski definition) is 1. The minimum absolute atomic E-state index is 0.526. The molecule has 0 radical (unpaired) electrons. The predicted octanol–water partition coefficient (Wildman–Crippen LogP) is 2.96. The maximum atomic E-state index is 5.06. The molecular formula is C14H23N3OS. The summed E-state index contributed by atoms with van der Waals surface area (Å²) >= 11 is 1.48. The van der Waals surface area contributed by atoms with Crippen LogP contribution < -0.4 is 5.32 Å². The predicted molar refractivity (Wildman–Crippen MR) is 77.5 cm³/mol. The van der Waals surface area contributed by atoms with Crippen LogP contribution >= 0.6 is 11.5 Å². The first-order valence-electron chi connectivity index (χ1n) is 7.34. The lowest BCUT2D eigenvalue weighted by molar-refractivity contribution is 0.201. The molecule has 1 aromatic rings. The first kappa shape index (κ1) is 13.3. The van der Waals surface area contributed by atoms with E-state index in [-0.39, 0.29) is 0 Å². The number of anilines is 1. The second kappa shape index (κ2) is 5.75. The number of aromatic nitrogens is 2. The van der Waals surface area contributed by atoms with Crippen molar-refractivity contribution in [3.63, 3.8) is 0 Å². The highest BCUT2D eigenvalue weighted by Crippen LogP contribution is 2.49. The number of rotatable bonds is 6. The van der Waals surface area contributed by atoms with Gasteiger partial charge in [-0.15, -0.1) is 0 Å². The van der Waals surface area contributed by atoms with Crippen molar-refractivity contribution in [2.45, 2.75) is 45.1 Å². The Kier molecular flexibility index (Phi) is 4.03. The standard InChI is InChI=1S/C14H23N3OS/c1-9(12-8-10-3-4-11(12)7-10)15-14-16-13(17-19-14)5-6-18-2/h9-12H,3-8H2,1-2H3,(H,15,16,17). The summed E-state index contributed by atoms with van der Waals surface area (Å²) in [5.41, 5.74) is 0. The molecule has 2 fully saturated rings. The molecule has 19 heavy (non-hydrogen) atoms. The van der Waals surface area contributed by atoms with Crippen LogP contribution in [0.3, 0.4) is 0 Å². The normalized spacial score (nSPS) is 30.7. The van der Waals surface area contributed by atoms with E-state index in [2.05, 4.69) is 21.6 Å². The van der Waals surface area contributed by atoms with Crippen LogP contribution in [-0.2, 0) is 11.2 Å². The molecule has 3 rings (SSSR count). The van der Waals surface area contributed by atoms with Crippen LogP contribution in [0.25, 0.3) is 0 Å². The molecule has 5 heteroatoms. The van der Waals surface area contributed by atoms with Crippen molar-refractivity contribution in [1.82, 2.24) is 9.36 Å². The van der Waals surface area contributed by atoms with Crippen molar-refractivity contribution >= 4 is 16.7 Å². The van der Waals surface area contributed by atoms with E-state index < -0.39 is 0 Å². The molecule has 0 aromatic carbocycles. The van der Waals surface area contributed by atoms with E-state index in [9.17, 15) is 0 Å². The van der Waals surface area contributed by atoms with E-state index in [4.69, 9.17) is 4.74 Å². The Bertz CT molecular complexity index is 423.